The normalized spacial score (nSPS) is 22.3. The quantitative estimate of drug-likeness (QED) is 0.867. The molecule has 1 atom stereocenters. The third kappa shape index (κ3) is 4.36. The summed E-state index contributed by atoms with van der Waals surface area (Å²) in [5, 5.41) is 0.434. The van der Waals surface area contributed by atoms with E-state index in [4.69, 9.17) is 11.6 Å². The van der Waals surface area contributed by atoms with E-state index in [1.165, 1.54) is 12.5 Å². The van der Waals surface area contributed by atoms with E-state index >= 15 is 0 Å². The number of carbonyl (C=O) groups excluding carboxylic acids is 1. The number of likely N-dealkylation sites (tertiary alicyclic amines) is 1. The fraction of sp³-hybridized carbons (Fsp3) is 0.611. The van der Waals surface area contributed by atoms with Crippen molar-refractivity contribution in [1.29, 1.82) is 0 Å². The maximum atomic E-state index is 12.6. The zero-order valence-electron chi connectivity index (χ0n) is 14.5. The topological polar surface area (TPSA) is 66.5 Å². The van der Waals surface area contributed by atoms with Gasteiger partial charge in [-0.2, -0.15) is 0 Å². The zero-order chi connectivity index (χ0) is 18.0. The summed E-state index contributed by atoms with van der Waals surface area (Å²) in [6, 6.07) is 4.49. The summed E-state index contributed by atoms with van der Waals surface area (Å²) in [5.74, 6) is 0.319. The predicted octanol–water partition coefficient (Wildman–Crippen LogP) is 3.11. The summed E-state index contributed by atoms with van der Waals surface area (Å²) in [7, 11) is -3.63. The lowest BCUT2D eigenvalue weighted by molar-refractivity contribution is -0.135. The van der Waals surface area contributed by atoms with Gasteiger partial charge in [-0.25, -0.2) is 13.1 Å². The van der Waals surface area contributed by atoms with Crippen molar-refractivity contribution in [3.05, 3.63) is 28.8 Å². The first-order valence-electron chi connectivity index (χ1n) is 8.94. The summed E-state index contributed by atoms with van der Waals surface area (Å²) in [6.45, 7) is 2.91. The lowest BCUT2D eigenvalue weighted by Gasteiger charge is -2.26. The Morgan fingerprint density at radius 3 is 2.60 bits per heavy atom. The average Bonchev–Trinajstić information content (AvgIpc) is 3.05. The second kappa shape index (κ2) is 7.64. The van der Waals surface area contributed by atoms with Crippen molar-refractivity contribution in [3.8, 4) is 0 Å². The molecule has 1 unspecified atom stereocenters. The third-order valence-corrected chi connectivity index (χ3v) is 7.16. The molecule has 2 fully saturated rings. The monoisotopic (exact) mass is 384 g/mol. The van der Waals surface area contributed by atoms with E-state index in [9.17, 15) is 13.2 Å². The molecular formula is C18H25ClN2O3S. The van der Waals surface area contributed by atoms with E-state index in [1.54, 1.807) is 12.1 Å². The van der Waals surface area contributed by atoms with Crippen molar-refractivity contribution >= 4 is 27.5 Å². The number of aryl methyl sites for hydroxylation is 1. The van der Waals surface area contributed by atoms with Crippen LogP contribution in [-0.4, -0.2) is 38.4 Å². The molecule has 1 aliphatic carbocycles. The molecule has 7 heteroatoms. The second-order valence-corrected chi connectivity index (χ2v) is 9.26. The van der Waals surface area contributed by atoms with Gasteiger partial charge in [0.05, 0.1) is 4.90 Å². The number of benzene rings is 1. The number of nitrogens with one attached hydrogen (secondary N) is 1. The molecule has 1 aliphatic heterocycles. The van der Waals surface area contributed by atoms with Crippen molar-refractivity contribution in [3.63, 3.8) is 0 Å². The van der Waals surface area contributed by atoms with Gasteiger partial charge >= 0.3 is 0 Å². The first-order chi connectivity index (χ1) is 11.9. The molecule has 1 N–H and O–H groups in total. The second-order valence-electron chi connectivity index (χ2n) is 7.14. The van der Waals surface area contributed by atoms with Crippen LogP contribution in [0.2, 0.25) is 5.02 Å². The average molecular weight is 385 g/mol. The first-order valence-corrected chi connectivity index (χ1v) is 10.8. The Morgan fingerprint density at radius 2 is 1.92 bits per heavy atom. The van der Waals surface area contributed by atoms with Crippen LogP contribution in [0, 0.1) is 12.8 Å². The Bertz CT molecular complexity index is 745. The van der Waals surface area contributed by atoms with Gasteiger partial charge in [-0.15, -0.1) is 0 Å². The molecule has 0 aromatic heterocycles. The third-order valence-electron chi connectivity index (χ3n) is 5.23. The van der Waals surface area contributed by atoms with Crippen LogP contribution in [0.4, 0.5) is 0 Å². The standard InChI is InChI=1S/C18H25ClN2O3S/c1-13-7-8-16(11-17(13)19)25(23,24)20-15-9-10-21(12-15)18(22)14-5-3-2-4-6-14/h7-8,11,14-15,20H,2-6,9-10,12H2,1H3. The van der Waals surface area contributed by atoms with Crippen LogP contribution in [0.1, 0.15) is 44.1 Å². The molecule has 138 valence electrons. The molecule has 1 saturated heterocycles. The van der Waals surface area contributed by atoms with E-state index in [0.717, 1.165) is 31.2 Å². The highest BCUT2D eigenvalue weighted by Gasteiger charge is 2.33. The summed E-state index contributed by atoms with van der Waals surface area (Å²) in [4.78, 5) is 14.6. The van der Waals surface area contributed by atoms with Crippen LogP contribution < -0.4 is 4.72 Å². The van der Waals surface area contributed by atoms with Gasteiger partial charge in [0.1, 0.15) is 0 Å². The van der Waals surface area contributed by atoms with Crippen LogP contribution in [-0.2, 0) is 14.8 Å². The maximum absolute atomic E-state index is 12.6. The van der Waals surface area contributed by atoms with E-state index < -0.39 is 10.0 Å². The van der Waals surface area contributed by atoms with Crippen molar-refractivity contribution in [2.24, 2.45) is 5.92 Å². The van der Waals surface area contributed by atoms with E-state index in [1.807, 2.05) is 11.8 Å². The van der Waals surface area contributed by atoms with Gasteiger partial charge in [-0.05, 0) is 43.9 Å². The van der Waals surface area contributed by atoms with Gasteiger partial charge in [0.25, 0.3) is 0 Å². The van der Waals surface area contributed by atoms with Gasteiger partial charge in [-0.1, -0.05) is 36.9 Å². The smallest absolute Gasteiger partial charge is 0.240 e. The minimum absolute atomic E-state index is 0.125. The highest BCUT2D eigenvalue weighted by molar-refractivity contribution is 7.89. The van der Waals surface area contributed by atoms with Crippen LogP contribution in [0.5, 0.6) is 0 Å². The molecule has 1 heterocycles. The van der Waals surface area contributed by atoms with Crippen molar-refractivity contribution < 1.29 is 13.2 Å². The van der Waals surface area contributed by atoms with Gasteiger partial charge in [0.2, 0.25) is 15.9 Å². The number of sulfonamides is 1. The number of carbonyl (C=O) groups is 1. The Labute approximate surface area is 154 Å². The minimum Gasteiger partial charge on any atom is -0.341 e. The molecule has 1 amide bonds. The SMILES string of the molecule is Cc1ccc(S(=O)(=O)NC2CCN(C(=O)C3CCCCC3)C2)cc1Cl. The number of hydrogen-bond acceptors (Lipinski definition) is 3. The molecule has 0 spiro atoms. The van der Waals surface area contributed by atoms with Crippen LogP contribution in [0.3, 0.4) is 0 Å². The van der Waals surface area contributed by atoms with Crippen molar-refractivity contribution in [2.75, 3.05) is 13.1 Å². The number of halogens is 1. The van der Waals surface area contributed by atoms with Gasteiger partial charge in [0.15, 0.2) is 0 Å². The molecule has 5 nitrogen and oxygen atoms in total. The Hall–Kier alpha value is -1.11. The first kappa shape index (κ1) is 18.7. The molecule has 2 aliphatic rings. The highest BCUT2D eigenvalue weighted by atomic mass is 35.5. The molecule has 0 radical (unpaired) electrons. The number of nitrogens with zero attached hydrogens (tertiary/aromatic N) is 1. The highest BCUT2D eigenvalue weighted by Crippen LogP contribution is 2.27. The molecular weight excluding hydrogens is 360 g/mol. The summed E-state index contributed by atoms with van der Waals surface area (Å²) in [5.41, 5.74) is 0.839. The van der Waals surface area contributed by atoms with Gasteiger partial charge in [0, 0.05) is 30.1 Å². The largest absolute Gasteiger partial charge is 0.341 e. The van der Waals surface area contributed by atoms with E-state index in [0.29, 0.717) is 24.5 Å². The van der Waals surface area contributed by atoms with Gasteiger partial charge < -0.3 is 4.90 Å². The van der Waals surface area contributed by atoms with Gasteiger partial charge in [-0.3, -0.25) is 4.79 Å². The van der Waals surface area contributed by atoms with Crippen LogP contribution >= 0.6 is 11.6 Å². The molecule has 3 rings (SSSR count). The Balaban J connectivity index is 1.62. The predicted molar refractivity (Wildman–Crippen MR) is 98.1 cm³/mol. The minimum atomic E-state index is -3.63. The van der Waals surface area contributed by atoms with Crippen LogP contribution in [0.25, 0.3) is 0 Å². The van der Waals surface area contributed by atoms with Crippen molar-refractivity contribution in [2.45, 2.75) is 56.4 Å². The van der Waals surface area contributed by atoms with E-state index in [-0.39, 0.29) is 22.8 Å². The van der Waals surface area contributed by atoms with Crippen LogP contribution in [0.15, 0.2) is 23.1 Å². The fourth-order valence-electron chi connectivity index (χ4n) is 3.69. The summed E-state index contributed by atoms with van der Waals surface area (Å²) in [6.07, 6.45) is 6.03. The molecule has 1 aromatic rings. The molecule has 1 saturated carbocycles. The summed E-state index contributed by atoms with van der Waals surface area (Å²) < 4.78 is 27.8. The number of hydrogen-bond donors (Lipinski definition) is 1. The Morgan fingerprint density at radius 1 is 1.20 bits per heavy atom. The fourth-order valence-corrected chi connectivity index (χ4v) is 5.23. The molecule has 0 bridgehead atoms. The molecule has 25 heavy (non-hydrogen) atoms. The lowest BCUT2D eigenvalue weighted by Crippen LogP contribution is -2.40. The van der Waals surface area contributed by atoms with Crippen molar-refractivity contribution in [1.82, 2.24) is 9.62 Å². The van der Waals surface area contributed by atoms with E-state index in [2.05, 4.69) is 4.72 Å². The summed E-state index contributed by atoms with van der Waals surface area (Å²) >= 11 is 6.04. The Kier molecular flexibility index (Phi) is 5.71. The maximum Gasteiger partial charge on any atom is 0.240 e. The molecule has 1 aromatic carbocycles. The lowest BCUT2D eigenvalue weighted by atomic mass is 9.88. The number of rotatable bonds is 4. The zero-order valence-corrected chi connectivity index (χ0v) is 16.1. The number of amides is 1.